The zero-order valence-corrected chi connectivity index (χ0v) is 18.8. The summed E-state index contributed by atoms with van der Waals surface area (Å²) < 4.78 is 0. The summed E-state index contributed by atoms with van der Waals surface area (Å²) in [6, 6.07) is 0. The van der Waals surface area contributed by atoms with Gasteiger partial charge in [-0.1, -0.05) is 59.6 Å². The van der Waals surface area contributed by atoms with Crippen LogP contribution in [0.1, 0.15) is 87.0 Å². The minimum absolute atomic E-state index is 0.176. The average Bonchev–Trinajstić information content (AvgIpc) is 2.89. The smallest absolute Gasteiger partial charge is 0.178 e. The predicted octanol–water partition coefficient (Wildman–Crippen LogP) is 7.23. The summed E-state index contributed by atoms with van der Waals surface area (Å²) in [6.07, 6.45) is 13.4. The van der Waals surface area contributed by atoms with E-state index in [0.717, 1.165) is 36.0 Å². The molecule has 0 aromatic carbocycles. The number of carbonyl (C=O) groups is 1. The van der Waals surface area contributed by atoms with Gasteiger partial charge in [0, 0.05) is 0 Å². The number of fused-ring (bicyclic) bond motifs is 3. The molecular formula is C26H42O. The Morgan fingerprint density at radius 2 is 1.93 bits per heavy atom. The molecule has 0 saturated heterocycles. The van der Waals surface area contributed by atoms with Gasteiger partial charge >= 0.3 is 0 Å². The molecule has 1 heteroatoms. The molecule has 0 bridgehead atoms. The van der Waals surface area contributed by atoms with Gasteiger partial charge in [0.1, 0.15) is 0 Å². The van der Waals surface area contributed by atoms with Crippen LogP contribution in [0.15, 0.2) is 23.8 Å². The number of hydrogen-bond donors (Lipinski definition) is 0. The van der Waals surface area contributed by atoms with Gasteiger partial charge in [0.25, 0.3) is 0 Å². The lowest BCUT2D eigenvalue weighted by atomic mass is 9.45. The summed E-state index contributed by atoms with van der Waals surface area (Å²) in [5.74, 6) is 4.91. The maximum Gasteiger partial charge on any atom is 0.178 e. The Kier molecular flexibility index (Phi) is 5.82. The number of allylic oxidation sites excluding steroid dienone is 4. The Bertz CT molecular complexity index is 628. The van der Waals surface area contributed by atoms with Crippen LogP contribution >= 0.6 is 0 Å². The molecule has 3 aliphatic carbocycles. The van der Waals surface area contributed by atoms with Crippen molar-refractivity contribution in [1.82, 2.24) is 0 Å². The summed E-state index contributed by atoms with van der Waals surface area (Å²) in [5, 5.41) is 0. The third-order valence-electron chi connectivity index (χ3n) is 9.47. The highest BCUT2D eigenvalue weighted by molar-refractivity contribution is 5.99. The number of ketones is 1. The average molecular weight is 371 g/mol. The van der Waals surface area contributed by atoms with Gasteiger partial charge in [-0.2, -0.15) is 0 Å². The molecule has 152 valence electrons. The Balaban J connectivity index is 1.89. The molecule has 8 atom stereocenters. The molecule has 0 amide bonds. The maximum atomic E-state index is 12.2. The van der Waals surface area contributed by atoms with E-state index in [-0.39, 0.29) is 5.78 Å². The van der Waals surface area contributed by atoms with Crippen molar-refractivity contribution in [2.45, 2.75) is 87.0 Å². The van der Waals surface area contributed by atoms with Crippen LogP contribution < -0.4 is 0 Å². The molecule has 0 heterocycles. The van der Waals surface area contributed by atoms with Crippen molar-refractivity contribution in [2.75, 3.05) is 0 Å². The third kappa shape index (κ3) is 3.28. The molecule has 0 aliphatic heterocycles. The Hall–Kier alpha value is -0.850. The fraction of sp³-hybridized carbons (Fsp3) is 0.808. The molecule has 1 nitrogen and oxygen atoms in total. The van der Waals surface area contributed by atoms with E-state index in [1.807, 2.05) is 19.1 Å². The second-order valence-corrected chi connectivity index (χ2v) is 10.7. The molecule has 3 aliphatic rings. The lowest BCUT2D eigenvalue weighted by molar-refractivity contribution is -0.111. The quantitative estimate of drug-likeness (QED) is 0.477. The van der Waals surface area contributed by atoms with Crippen molar-refractivity contribution in [3.05, 3.63) is 23.8 Å². The van der Waals surface area contributed by atoms with Crippen molar-refractivity contribution in [1.29, 1.82) is 0 Å². The minimum Gasteiger partial charge on any atom is -0.290 e. The molecule has 8 unspecified atom stereocenters. The fourth-order valence-electron chi connectivity index (χ4n) is 8.23. The van der Waals surface area contributed by atoms with Gasteiger partial charge in [-0.15, -0.1) is 0 Å². The van der Waals surface area contributed by atoms with E-state index < -0.39 is 0 Å². The molecule has 3 rings (SSSR count). The minimum atomic E-state index is 0.176. The van der Waals surface area contributed by atoms with Gasteiger partial charge < -0.3 is 0 Å². The van der Waals surface area contributed by atoms with Crippen LogP contribution in [0.3, 0.4) is 0 Å². The summed E-state index contributed by atoms with van der Waals surface area (Å²) in [5.41, 5.74) is 2.37. The summed E-state index contributed by atoms with van der Waals surface area (Å²) in [6.45, 7) is 17.0. The molecule has 0 aromatic heterocycles. The summed E-state index contributed by atoms with van der Waals surface area (Å²) in [4.78, 5) is 12.2. The first-order chi connectivity index (χ1) is 12.7. The maximum absolute atomic E-state index is 12.2. The third-order valence-corrected chi connectivity index (χ3v) is 9.47. The monoisotopic (exact) mass is 370 g/mol. The number of hydrogen-bond acceptors (Lipinski definition) is 1. The molecule has 3 fully saturated rings. The van der Waals surface area contributed by atoms with Crippen molar-refractivity contribution in [3.63, 3.8) is 0 Å². The lowest BCUT2D eigenvalue weighted by Gasteiger charge is -2.60. The molecule has 0 aromatic rings. The largest absolute Gasteiger partial charge is 0.290 e. The van der Waals surface area contributed by atoms with Gasteiger partial charge in [-0.25, -0.2) is 0 Å². The van der Waals surface area contributed by atoms with Gasteiger partial charge in [-0.3, -0.25) is 4.79 Å². The van der Waals surface area contributed by atoms with E-state index in [2.05, 4.69) is 41.5 Å². The van der Waals surface area contributed by atoms with Gasteiger partial charge in [-0.05, 0) is 97.5 Å². The molecule has 27 heavy (non-hydrogen) atoms. The van der Waals surface area contributed by atoms with Crippen molar-refractivity contribution >= 4 is 5.78 Å². The van der Waals surface area contributed by atoms with E-state index >= 15 is 0 Å². The Morgan fingerprint density at radius 1 is 1.22 bits per heavy atom. The van der Waals surface area contributed by atoms with E-state index in [9.17, 15) is 4.79 Å². The normalized spacial score (nSPS) is 47.1. The number of rotatable bonds is 4. The first-order valence-corrected chi connectivity index (χ1v) is 11.6. The van der Waals surface area contributed by atoms with Gasteiger partial charge in [0.05, 0.1) is 0 Å². The predicted molar refractivity (Wildman–Crippen MR) is 115 cm³/mol. The van der Waals surface area contributed by atoms with Gasteiger partial charge in [0.15, 0.2) is 5.78 Å². The zero-order valence-electron chi connectivity index (χ0n) is 18.8. The number of carbonyl (C=O) groups excluding carboxylic acids is 1. The highest BCUT2D eigenvalue weighted by Gasteiger charge is 2.62. The lowest BCUT2D eigenvalue weighted by Crippen LogP contribution is -2.52. The topological polar surface area (TPSA) is 17.1 Å². The van der Waals surface area contributed by atoms with Crippen LogP contribution in [0.2, 0.25) is 0 Å². The summed E-state index contributed by atoms with van der Waals surface area (Å²) >= 11 is 0. The molecule has 0 N–H and O–H groups in total. The molecule has 0 radical (unpaired) electrons. The highest BCUT2D eigenvalue weighted by Crippen LogP contribution is 2.70. The van der Waals surface area contributed by atoms with Crippen LogP contribution in [0.5, 0.6) is 0 Å². The Labute approximate surface area is 168 Å². The van der Waals surface area contributed by atoms with Gasteiger partial charge in [0.2, 0.25) is 0 Å². The van der Waals surface area contributed by atoms with E-state index in [1.165, 1.54) is 37.7 Å². The standard InChI is InChI=1S/C26H42O/c1-8-10-21(27)16-20-11-13-25(6)22(19(20)5)12-14-26(7)23(25)15-18(4)24(26)17(3)9-2/h8,10,16-19,22-24H,9,11-15H2,1-7H3/b10-8-,20-16-. The van der Waals surface area contributed by atoms with Crippen LogP contribution in [0, 0.1) is 46.3 Å². The van der Waals surface area contributed by atoms with Crippen LogP contribution in [-0.2, 0) is 4.79 Å². The van der Waals surface area contributed by atoms with Crippen LogP contribution in [-0.4, -0.2) is 5.78 Å². The van der Waals surface area contributed by atoms with Crippen LogP contribution in [0.4, 0.5) is 0 Å². The second-order valence-electron chi connectivity index (χ2n) is 10.7. The fourth-order valence-corrected chi connectivity index (χ4v) is 8.23. The molecule has 3 saturated carbocycles. The first kappa shape index (κ1) is 20.9. The molecular weight excluding hydrogens is 328 g/mol. The highest BCUT2D eigenvalue weighted by atomic mass is 16.1. The van der Waals surface area contributed by atoms with Crippen molar-refractivity contribution in [2.24, 2.45) is 46.3 Å². The van der Waals surface area contributed by atoms with E-state index in [0.29, 0.717) is 16.7 Å². The molecule has 0 spiro atoms. The van der Waals surface area contributed by atoms with Crippen molar-refractivity contribution in [3.8, 4) is 0 Å². The second kappa shape index (κ2) is 7.53. The first-order valence-electron chi connectivity index (χ1n) is 11.6. The zero-order chi connectivity index (χ0) is 20.0. The van der Waals surface area contributed by atoms with E-state index in [1.54, 1.807) is 6.08 Å². The van der Waals surface area contributed by atoms with E-state index in [4.69, 9.17) is 0 Å². The van der Waals surface area contributed by atoms with Crippen LogP contribution in [0.25, 0.3) is 0 Å². The van der Waals surface area contributed by atoms with Crippen molar-refractivity contribution < 1.29 is 4.79 Å². The Morgan fingerprint density at radius 3 is 2.56 bits per heavy atom. The SMILES string of the molecule is C/C=C\C(=O)/C=C1/CCC2(C)C(CCC3(C)C(C(C)CC)C(C)CC23)C1C. The summed E-state index contributed by atoms with van der Waals surface area (Å²) in [7, 11) is 0.